The Balaban J connectivity index is 2.13. The van der Waals surface area contributed by atoms with E-state index in [-0.39, 0.29) is 0 Å². The molecule has 0 amide bonds. The quantitative estimate of drug-likeness (QED) is 0.908. The highest BCUT2D eigenvalue weighted by Gasteiger charge is 2.09. The van der Waals surface area contributed by atoms with E-state index in [1.807, 2.05) is 0 Å². The van der Waals surface area contributed by atoms with Crippen LogP contribution in [-0.4, -0.2) is 16.7 Å². The lowest BCUT2D eigenvalue weighted by atomic mass is 10.1. The molecule has 3 nitrogen and oxygen atoms in total. The van der Waals surface area contributed by atoms with Gasteiger partial charge in [-0.1, -0.05) is 6.07 Å². The van der Waals surface area contributed by atoms with Gasteiger partial charge in [-0.15, -0.1) is 21.5 Å². The monoisotopic (exact) mass is 255 g/mol. The van der Waals surface area contributed by atoms with Gasteiger partial charge in [0.15, 0.2) is 0 Å². The van der Waals surface area contributed by atoms with Gasteiger partial charge in [0.2, 0.25) is 0 Å². The molecule has 0 unspecified atom stereocenters. The van der Waals surface area contributed by atoms with E-state index >= 15 is 0 Å². The van der Waals surface area contributed by atoms with E-state index in [0.717, 1.165) is 11.1 Å². The highest BCUT2D eigenvalue weighted by Crippen LogP contribution is 2.17. The number of aromatic nitrogens is 2. The number of nitrogens with two attached hydrogens (primary N) is 1. The molecule has 0 aliphatic rings. The molecule has 0 aliphatic heterocycles. The summed E-state index contributed by atoms with van der Waals surface area (Å²) in [6, 6.07) is 3.53. The molecule has 0 atom stereocenters. The van der Waals surface area contributed by atoms with Gasteiger partial charge in [-0.2, -0.15) is 0 Å². The third kappa shape index (κ3) is 3.04. The Morgan fingerprint density at radius 3 is 2.65 bits per heavy atom. The fourth-order valence-electron chi connectivity index (χ4n) is 1.41. The molecule has 2 N–H and O–H groups in total. The Labute approximate surface area is 101 Å². The third-order valence-electron chi connectivity index (χ3n) is 2.22. The van der Waals surface area contributed by atoms with E-state index in [4.69, 9.17) is 5.73 Å². The molecule has 2 rings (SSSR count). The summed E-state index contributed by atoms with van der Waals surface area (Å²) < 4.78 is 26.1. The van der Waals surface area contributed by atoms with Gasteiger partial charge in [-0.25, -0.2) is 8.78 Å². The molecule has 1 aromatic heterocycles. The first-order chi connectivity index (χ1) is 8.19. The van der Waals surface area contributed by atoms with Crippen molar-refractivity contribution in [2.75, 3.05) is 6.54 Å². The lowest BCUT2D eigenvalue weighted by molar-refractivity contribution is 0.574. The maximum atomic E-state index is 13.4. The Hall–Kier alpha value is -1.40. The van der Waals surface area contributed by atoms with Gasteiger partial charge < -0.3 is 5.73 Å². The van der Waals surface area contributed by atoms with Crippen molar-refractivity contribution in [1.29, 1.82) is 0 Å². The number of hydrogen-bond acceptors (Lipinski definition) is 4. The minimum atomic E-state index is -0.577. The maximum Gasteiger partial charge on any atom is 0.129 e. The van der Waals surface area contributed by atoms with Crippen molar-refractivity contribution in [1.82, 2.24) is 10.2 Å². The highest BCUT2D eigenvalue weighted by molar-refractivity contribution is 7.11. The summed E-state index contributed by atoms with van der Waals surface area (Å²) in [7, 11) is 0. The molecule has 1 aromatic carbocycles. The summed E-state index contributed by atoms with van der Waals surface area (Å²) in [5.41, 5.74) is 5.82. The average Bonchev–Trinajstić information content (AvgIpc) is 2.71. The molecular weight excluding hydrogens is 244 g/mol. The predicted octanol–water partition coefficient (Wildman–Crippen LogP) is 1.91. The van der Waals surface area contributed by atoms with Crippen LogP contribution in [0.1, 0.15) is 15.6 Å². The molecular formula is C11H11F2N3S. The topological polar surface area (TPSA) is 51.8 Å². The summed E-state index contributed by atoms with van der Waals surface area (Å²) in [6.07, 6.45) is 0.998. The number of hydrogen-bond donors (Lipinski definition) is 1. The number of nitrogens with zero attached hydrogens (tertiary/aromatic N) is 2. The zero-order valence-corrected chi connectivity index (χ0v) is 9.81. The number of halogens is 2. The van der Waals surface area contributed by atoms with E-state index in [1.165, 1.54) is 23.5 Å². The second-order valence-electron chi connectivity index (χ2n) is 3.54. The van der Waals surface area contributed by atoms with Gasteiger partial charge in [-0.05, 0) is 18.2 Å². The standard InChI is InChI=1S/C11H11F2N3S/c12-8-2-1-7(9(13)6-8)5-11-16-15-10(17-11)3-4-14/h1-2,6H,3-5,14H2. The van der Waals surface area contributed by atoms with Crippen molar-refractivity contribution < 1.29 is 8.78 Å². The average molecular weight is 255 g/mol. The molecule has 0 aliphatic carbocycles. The molecule has 0 bridgehead atoms. The molecule has 0 radical (unpaired) electrons. The Bertz CT molecular complexity index is 513. The number of benzene rings is 1. The third-order valence-corrected chi connectivity index (χ3v) is 3.21. The molecule has 0 fully saturated rings. The summed E-state index contributed by atoms with van der Waals surface area (Å²) in [6.45, 7) is 0.513. The van der Waals surface area contributed by atoms with E-state index in [0.29, 0.717) is 30.0 Å². The van der Waals surface area contributed by atoms with Gasteiger partial charge in [0.25, 0.3) is 0 Å². The first kappa shape index (κ1) is 12.1. The fraction of sp³-hybridized carbons (Fsp3) is 0.273. The lowest BCUT2D eigenvalue weighted by Gasteiger charge is -1.99. The van der Waals surface area contributed by atoms with Crippen LogP contribution in [0.5, 0.6) is 0 Å². The van der Waals surface area contributed by atoms with Crippen molar-refractivity contribution >= 4 is 11.3 Å². The van der Waals surface area contributed by atoms with E-state index in [2.05, 4.69) is 10.2 Å². The predicted molar refractivity (Wildman–Crippen MR) is 61.8 cm³/mol. The van der Waals surface area contributed by atoms with Crippen molar-refractivity contribution in [2.45, 2.75) is 12.8 Å². The summed E-state index contributed by atoms with van der Waals surface area (Å²) >= 11 is 1.40. The van der Waals surface area contributed by atoms with Crippen LogP contribution in [0.15, 0.2) is 18.2 Å². The van der Waals surface area contributed by atoms with E-state index in [9.17, 15) is 8.78 Å². The SMILES string of the molecule is NCCc1nnc(Cc2ccc(F)cc2F)s1. The smallest absolute Gasteiger partial charge is 0.129 e. The minimum Gasteiger partial charge on any atom is -0.330 e. The zero-order chi connectivity index (χ0) is 12.3. The molecule has 2 aromatic rings. The molecule has 17 heavy (non-hydrogen) atoms. The van der Waals surface area contributed by atoms with E-state index < -0.39 is 11.6 Å². The zero-order valence-electron chi connectivity index (χ0n) is 8.99. The van der Waals surface area contributed by atoms with Crippen LogP contribution >= 0.6 is 11.3 Å². The lowest BCUT2D eigenvalue weighted by Crippen LogP contribution is -2.01. The first-order valence-corrected chi connectivity index (χ1v) is 5.96. The van der Waals surface area contributed by atoms with Crippen molar-refractivity contribution in [3.05, 3.63) is 45.4 Å². The maximum absolute atomic E-state index is 13.4. The fourth-order valence-corrected chi connectivity index (χ4v) is 2.30. The van der Waals surface area contributed by atoms with Crippen LogP contribution in [0.25, 0.3) is 0 Å². The Morgan fingerprint density at radius 1 is 1.18 bits per heavy atom. The van der Waals surface area contributed by atoms with Crippen LogP contribution in [0.4, 0.5) is 8.78 Å². The number of rotatable bonds is 4. The molecule has 0 spiro atoms. The van der Waals surface area contributed by atoms with Gasteiger partial charge in [0.1, 0.15) is 21.6 Å². The van der Waals surface area contributed by atoms with E-state index in [1.54, 1.807) is 0 Å². The second-order valence-corrected chi connectivity index (χ2v) is 4.69. The van der Waals surface area contributed by atoms with Crippen LogP contribution in [-0.2, 0) is 12.8 Å². The molecule has 0 saturated heterocycles. The second kappa shape index (κ2) is 5.29. The molecule has 6 heteroatoms. The Kier molecular flexibility index (Phi) is 3.75. The summed E-state index contributed by atoms with van der Waals surface area (Å²) in [5, 5.41) is 9.43. The van der Waals surface area contributed by atoms with Crippen molar-refractivity contribution in [3.8, 4) is 0 Å². The summed E-state index contributed by atoms with van der Waals surface area (Å²) in [4.78, 5) is 0. The van der Waals surface area contributed by atoms with Crippen molar-refractivity contribution in [2.24, 2.45) is 5.73 Å². The van der Waals surface area contributed by atoms with Crippen LogP contribution in [0.3, 0.4) is 0 Å². The highest BCUT2D eigenvalue weighted by atomic mass is 32.1. The van der Waals surface area contributed by atoms with Crippen molar-refractivity contribution in [3.63, 3.8) is 0 Å². The molecule has 0 saturated carbocycles. The largest absolute Gasteiger partial charge is 0.330 e. The van der Waals surface area contributed by atoms with Crippen LogP contribution < -0.4 is 5.73 Å². The summed E-state index contributed by atoms with van der Waals surface area (Å²) in [5.74, 6) is -1.13. The van der Waals surface area contributed by atoms with Crippen LogP contribution in [0.2, 0.25) is 0 Å². The van der Waals surface area contributed by atoms with Gasteiger partial charge in [-0.3, -0.25) is 0 Å². The minimum absolute atomic E-state index is 0.328. The van der Waals surface area contributed by atoms with Gasteiger partial charge in [0.05, 0.1) is 0 Å². The Morgan fingerprint density at radius 2 is 1.94 bits per heavy atom. The van der Waals surface area contributed by atoms with Crippen LogP contribution in [0, 0.1) is 11.6 Å². The van der Waals surface area contributed by atoms with Gasteiger partial charge >= 0.3 is 0 Å². The normalized spacial score (nSPS) is 10.8. The van der Waals surface area contributed by atoms with Gasteiger partial charge in [0, 0.05) is 18.9 Å². The molecule has 1 heterocycles. The first-order valence-electron chi connectivity index (χ1n) is 5.14. The molecule has 90 valence electrons.